The van der Waals surface area contributed by atoms with Gasteiger partial charge in [-0.1, -0.05) is 46.7 Å². The van der Waals surface area contributed by atoms with Crippen molar-refractivity contribution in [3.05, 3.63) is 81.8 Å². The highest BCUT2D eigenvalue weighted by molar-refractivity contribution is 9.10. The van der Waals surface area contributed by atoms with Gasteiger partial charge < -0.3 is 9.47 Å². The highest BCUT2D eigenvalue weighted by Gasteiger charge is 2.46. The molecule has 0 N–H and O–H groups in total. The summed E-state index contributed by atoms with van der Waals surface area (Å²) in [6.45, 7) is 6.71. The number of hydrogen-bond donors (Lipinski definition) is 0. The van der Waals surface area contributed by atoms with Crippen LogP contribution >= 0.6 is 27.7 Å². The summed E-state index contributed by atoms with van der Waals surface area (Å²) >= 11 is 5.52. The van der Waals surface area contributed by atoms with Gasteiger partial charge in [-0.3, -0.25) is 9.98 Å². The molecule has 1 fully saturated rings. The smallest absolute Gasteiger partial charge is 0.160 e. The van der Waals surface area contributed by atoms with Crippen LogP contribution in [0.2, 0.25) is 0 Å². The zero-order valence-corrected chi connectivity index (χ0v) is 19.8. The van der Waals surface area contributed by atoms with E-state index in [1.54, 1.807) is 0 Å². The molecule has 3 atom stereocenters. The number of halogens is 1. The van der Waals surface area contributed by atoms with Crippen LogP contribution in [0.25, 0.3) is 5.69 Å². The normalized spacial score (nSPS) is 23.0. The standard InChI is InChI=1S/C24H25BrN4S/c1-4-18-14-30-24-27-22(21-10-5-6-11-26-21)23(29(18)24)20-12-15(2)28(16(20)3)19-9-7-8-17(25)13-19/h5-13,18,22-23H,4,14H2,1-3H3/t18-,22-,23+/m0/s1. The number of aryl methyl sites for hydroxylation is 1. The second-order valence-electron chi connectivity index (χ2n) is 7.98. The second kappa shape index (κ2) is 7.89. The lowest BCUT2D eigenvalue weighted by Crippen LogP contribution is -2.35. The summed E-state index contributed by atoms with van der Waals surface area (Å²) in [5.74, 6) is 1.12. The van der Waals surface area contributed by atoms with Gasteiger partial charge in [0.1, 0.15) is 6.04 Å². The molecule has 0 bridgehead atoms. The SMILES string of the molecule is CC[C@H]1CSC2=N[C@@H](c3ccccn3)[C@@H](c3cc(C)n(-c4cccc(Br)c4)c3C)N21. The Bertz CT molecular complexity index is 1110. The predicted octanol–water partition coefficient (Wildman–Crippen LogP) is 6.23. The lowest BCUT2D eigenvalue weighted by Gasteiger charge is -2.32. The number of pyridine rings is 1. The third-order valence-electron chi connectivity index (χ3n) is 6.18. The van der Waals surface area contributed by atoms with Crippen molar-refractivity contribution in [2.75, 3.05) is 5.75 Å². The monoisotopic (exact) mass is 480 g/mol. The zero-order valence-electron chi connectivity index (χ0n) is 17.4. The van der Waals surface area contributed by atoms with Crippen LogP contribution in [0, 0.1) is 13.8 Å². The minimum atomic E-state index is 0.0273. The molecule has 0 spiro atoms. The fourth-order valence-corrected chi connectivity index (χ4v) is 6.51. The molecular weight excluding hydrogens is 456 g/mol. The molecule has 0 amide bonds. The quantitative estimate of drug-likeness (QED) is 0.443. The van der Waals surface area contributed by atoms with Gasteiger partial charge in [-0.25, -0.2) is 0 Å². The molecule has 2 aliphatic heterocycles. The van der Waals surface area contributed by atoms with E-state index in [1.165, 1.54) is 27.8 Å². The Kier molecular flexibility index (Phi) is 5.23. The molecular formula is C24H25BrN4S. The third kappa shape index (κ3) is 3.21. The van der Waals surface area contributed by atoms with Crippen molar-refractivity contribution in [1.29, 1.82) is 0 Å². The van der Waals surface area contributed by atoms with Crippen molar-refractivity contribution in [3.63, 3.8) is 0 Å². The highest BCUT2D eigenvalue weighted by Crippen LogP contribution is 2.49. The first kappa shape index (κ1) is 19.9. The molecule has 4 nitrogen and oxygen atoms in total. The lowest BCUT2D eigenvalue weighted by molar-refractivity contribution is 0.254. The van der Waals surface area contributed by atoms with Gasteiger partial charge >= 0.3 is 0 Å². The molecule has 30 heavy (non-hydrogen) atoms. The van der Waals surface area contributed by atoms with E-state index in [-0.39, 0.29) is 12.1 Å². The number of aliphatic imine (C=N–C) groups is 1. The average Bonchev–Trinajstić information content (AvgIpc) is 3.40. The number of benzene rings is 1. The predicted molar refractivity (Wildman–Crippen MR) is 128 cm³/mol. The molecule has 1 saturated heterocycles. The zero-order chi connectivity index (χ0) is 20.8. The molecule has 5 rings (SSSR count). The van der Waals surface area contributed by atoms with Crippen LogP contribution in [0.15, 0.2) is 64.2 Å². The second-order valence-corrected chi connectivity index (χ2v) is 9.88. The van der Waals surface area contributed by atoms with E-state index in [0.717, 1.165) is 22.3 Å². The Morgan fingerprint density at radius 1 is 1.13 bits per heavy atom. The number of rotatable bonds is 4. The van der Waals surface area contributed by atoms with Gasteiger partial charge in [0, 0.05) is 39.5 Å². The number of fused-ring (bicyclic) bond motifs is 1. The minimum Gasteiger partial charge on any atom is -0.338 e. The Morgan fingerprint density at radius 3 is 2.73 bits per heavy atom. The van der Waals surface area contributed by atoms with Crippen LogP contribution < -0.4 is 0 Å². The Balaban J connectivity index is 1.64. The van der Waals surface area contributed by atoms with Crippen LogP contribution in [0.3, 0.4) is 0 Å². The number of hydrogen-bond acceptors (Lipinski definition) is 4. The Morgan fingerprint density at radius 2 is 2.00 bits per heavy atom. The molecule has 1 aromatic carbocycles. The summed E-state index contributed by atoms with van der Waals surface area (Å²) in [4.78, 5) is 12.4. The summed E-state index contributed by atoms with van der Waals surface area (Å²) in [5, 5.41) is 1.18. The maximum absolute atomic E-state index is 5.17. The Labute approximate surface area is 190 Å². The molecule has 6 heteroatoms. The number of nitrogens with zero attached hydrogens (tertiary/aromatic N) is 4. The van der Waals surface area contributed by atoms with E-state index in [4.69, 9.17) is 4.99 Å². The maximum atomic E-state index is 5.17. The summed E-state index contributed by atoms with van der Waals surface area (Å²) in [7, 11) is 0. The summed E-state index contributed by atoms with van der Waals surface area (Å²) in [6.07, 6.45) is 3.01. The first-order valence-corrected chi connectivity index (χ1v) is 12.2. The van der Waals surface area contributed by atoms with Crippen LogP contribution in [-0.4, -0.2) is 31.4 Å². The van der Waals surface area contributed by atoms with Gasteiger partial charge in [0.05, 0.1) is 11.7 Å². The number of amidine groups is 1. The molecule has 2 aromatic heterocycles. The van der Waals surface area contributed by atoms with Crippen LogP contribution in [0.1, 0.15) is 48.1 Å². The molecule has 3 aromatic rings. The van der Waals surface area contributed by atoms with Crippen LogP contribution in [0.5, 0.6) is 0 Å². The molecule has 154 valence electrons. The summed E-state index contributed by atoms with van der Waals surface area (Å²) < 4.78 is 3.45. The first-order valence-electron chi connectivity index (χ1n) is 10.4. The first-order chi connectivity index (χ1) is 14.6. The van der Waals surface area contributed by atoms with Crippen molar-refractivity contribution < 1.29 is 0 Å². The van der Waals surface area contributed by atoms with E-state index in [0.29, 0.717) is 6.04 Å². The third-order valence-corrected chi connectivity index (χ3v) is 7.80. The summed E-state index contributed by atoms with van der Waals surface area (Å²) in [5.41, 5.74) is 6.10. The van der Waals surface area contributed by atoms with Gasteiger partial charge in [-0.15, -0.1) is 0 Å². The topological polar surface area (TPSA) is 33.4 Å². The van der Waals surface area contributed by atoms with E-state index < -0.39 is 0 Å². The summed E-state index contributed by atoms with van der Waals surface area (Å²) in [6, 6.07) is 17.7. The average molecular weight is 481 g/mol. The van der Waals surface area contributed by atoms with Gasteiger partial charge in [-0.05, 0) is 62.2 Å². The van der Waals surface area contributed by atoms with E-state index in [9.17, 15) is 0 Å². The fourth-order valence-electron chi connectivity index (χ4n) is 4.79. The highest BCUT2D eigenvalue weighted by atomic mass is 79.9. The minimum absolute atomic E-state index is 0.0273. The van der Waals surface area contributed by atoms with Crippen LogP contribution in [-0.2, 0) is 0 Å². The van der Waals surface area contributed by atoms with Crippen molar-refractivity contribution >= 4 is 32.9 Å². The van der Waals surface area contributed by atoms with Gasteiger partial charge in [0.15, 0.2) is 5.17 Å². The van der Waals surface area contributed by atoms with Gasteiger partial charge in [0.25, 0.3) is 0 Å². The number of aromatic nitrogens is 2. The van der Waals surface area contributed by atoms with Crippen molar-refractivity contribution in [3.8, 4) is 5.69 Å². The van der Waals surface area contributed by atoms with E-state index in [1.807, 2.05) is 24.0 Å². The molecule has 0 aliphatic carbocycles. The van der Waals surface area contributed by atoms with Gasteiger partial charge in [0.2, 0.25) is 0 Å². The molecule has 0 saturated carbocycles. The van der Waals surface area contributed by atoms with Crippen molar-refractivity contribution in [1.82, 2.24) is 14.5 Å². The molecule has 2 aliphatic rings. The fraction of sp³-hybridized carbons (Fsp3) is 0.333. The molecule has 0 unspecified atom stereocenters. The van der Waals surface area contributed by atoms with E-state index >= 15 is 0 Å². The molecule has 0 radical (unpaired) electrons. The van der Waals surface area contributed by atoms with Gasteiger partial charge in [-0.2, -0.15) is 0 Å². The Hall–Kier alpha value is -2.05. The van der Waals surface area contributed by atoms with Crippen LogP contribution in [0.4, 0.5) is 0 Å². The van der Waals surface area contributed by atoms with E-state index in [2.05, 4.69) is 93.6 Å². The lowest BCUT2D eigenvalue weighted by atomic mass is 9.95. The molecule has 4 heterocycles. The maximum Gasteiger partial charge on any atom is 0.160 e. The number of thioether (sulfide) groups is 1. The van der Waals surface area contributed by atoms with Crippen molar-refractivity contribution in [2.24, 2.45) is 4.99 Å². The largest absolute Gasteiger partial charge is 0.338 e. The van der Waals surface area contributed by atoms with Crippen molar-refractivity contribution in [2.45, 2.75) is 45.3 Å².